The highest BCUT2D eigenvalue weighted by molar-refractivity contribution is 6.06. The number of carbonyl (C=O) groups is 2. The van der Waals surface area contributed by atoms with E-state index in [0.717, 1.165) is 27.8 Å². The smallest absolute Gasteiger partial charge is 0.321 e. The second-order valence-electron chi connectivity index (χ2n) is 9.27. The van der Waals surface area contributed by atoms with Crippen LogP contribution in [0.2, 0.25) is 0 Å². The third-order valence-corrected chi connectivity index (χ3v) is 6.69. The van der Waals surface area contributed by atoms with E-state index in [-0.39, 0.29) is 17.5 Å². The number of carbonyl (C=O) groups excluding carboxylic acids is 1. The number of rotatable bonds is 6. The van der Waals surface area contributed by atoms with Gasteiger partial charge in [-0.3, -0.25) is 14.5 Å². The number of likely N-dealkylation sites (N-methyl/N-ethyl adjacent to an activating group) is 1. The van der Waals surface area contributed by atoms with Crippen LogP contribution < -0.4 is 5.73 Å². The first kappa shape index (κ1) is 23.4. The average Bonchev–Trinajstić information content (AvgIpc) is 3.30. The van der Waals surface area contributed by atoms with Gasteiger partial charge in [0.2, 0.25) is 5.95 Å². The number of carboxylic acid groups (broad SMARTS) is 1. The SMILES string of the molecule is CN(C)C(Cc1ccccc1-c1ccc2nc(N)nc(C(=O)N3Cc4ccccc4C3)c2c1)C(=O)O. The molecule has 0 bridgehead atoms. The summed E-state index contributed by atoms with van der Waals surface area (Å²) < 4.78 is 0. The zero-order chi connectivity index (χ0) is 25.4. The maximum atomic E-state index is 13.6. The lowest BCUT2D eigenvalue weighted by atomic mass is 9.93. The van der Waals surface area contributed by atoms with Crippen molar-refractivity contribution in [3.63, 3.8) is 0 Å². The molecule has 3 aromatic carbocycles. The molecule has 1 unspecified atom stereocenters. The van der Waals surface area contributed by atoms with E-state index in [1.807, 2.05) is 66.7 Å². The first-order valence-electron chi connectivity index (χ1n) is 11.7. The van der Waals surface area contributed by atoms with Gasteiger partial charge in [-0.25, -0.2) is 9.97 Å². The summed E-state index contributed by atoms with van der Waals surface area (Å²) >= 11 is 0. The summed E-state index contributed by atoms with van der Waals surface area (Å²) in [7, 11) is 3.52. The van der Waals surface area contributed by atoms with Gasteiger partial charge in [0, 0.05) is 18.5 Å². The Labute approximate surface area is 209 Å². The molecule has 1 atom stereocenters. The number of fused-ring (bicyclic) bond motifs is 2. The van der Waals surface area contributed by atoms with Crippen molar-refractivity contribution in [1.29, 1.82) is 0 Å². The topological polar surface area (TPSA) is 113 Å². The minimum atomic E-state index is -0.878. The first-order chi connectivity index (χ1) is 17.3. The van der Waals surface area contributed by atoms with Crippen molar-refractivity contribution >= 4 is 28.7 Å². The quantitative estimate of drug-likeness (QED) is 0.433. The van der Waals surface area contributed by atoms with E-state index in [4.69, 9.17) is 5.73 Å². The zero-order valence-corrected chi connectivity index (χ0v) is 20.2. The van der Waals surface area contributed by atoms with Crippen LogP contribution in [0.5, 0.6) is 0 Å². The molecule has 0 saturated heterocycles. The fourth-order valence-electron chi connectivity index (χ4n) is 4.78. The average molecular weight is 482 g/mol. The van der Waals surface area contributed by atoms with E-state index in [0.29, 0.717) is 30.4 Å². The van der Waals surface area contributed by atoms with Gasteiger partial charge in [0.1, 0.15) is 11.7 Å². The summed E-state index contributed by atoms with van der Waals surface area (Å²) in [6.45, 7) is 1.04. The molecular weight excluding hydrogens is 454 g/mol. The molecule has 0 spiro atoms. The molecule has 5 rings (SSSR count). The molecule has 1 aliphatic heterocycles. The number of amides is 1. The largest absolute Gasteiger partial charge is 0.480 e. The van der Waals surface area contributed by atoms with Gasteiger partial charge in [0.15, 0.2) is 0 Å². The minimum Gasteiger partial charge on any atom is -0.480 e. The number of aromatic nitrogens is 2. The van der Waals surface area contributed by atoms with Crippen molar-refractivity contribution < 1.29 is 14.7 Å². The summed E-state index contributed by atoms with van der Waals surface area (Å²) in [4.78, 5) is 37.6. The zero-order valence-electron chi connectivity index (χ0n) is 20.2. The van der Waals surface area contributed by atoms with Crippen molar-refractivity contribution in [3.05, 3.63) is 89.1 Å². The van der Waals surface area contributed by atoms with E-state index in [2.05, 4.69) is 9.97 Å². The molecule has 1 aromatic heterocycles. The monoisotopic (exact) mass is 481 g/mol. The van der Waals surface area contributed by atoms with Crippen LogP contribution in [0, 0.1) is 0 Å². The number of hydrogen-bond donors (Lipinski definition) is 2. The predicted molar refractivity (Wildman–Crippen MR) is 138 cm³/mol. The Morgan fingerprint density at radius 2 is 1.67 bits per heavy atom. The molecule has 4 aromatic rings. The fourth-order valence-corrected chi connectivity index (χ4v) is 4.78. The molecule has 36 heavy (non-hydrogen) atoms. The third kappa shape index (κ3) is 4.38. The lowest BCUT2D eigenvalue weighted by Gasteiger charge is -2.21. The van der Waals surface area contributed by atoms with Crippen molar-refractivity contribution in [2.45, 2.75) is 25.6 Å². The summed E-state index contributed by atoms with van der Waals surface area (Å²) in [6.07, 6.45) is 0.340. The van der Waals surface area contributed by atoms with Crippen LogP contribution in [0.25, 0.3) is 22.0 Å². The number of aliphatic carboxylic acids is 1. The third-order valence-electron chi connectivity index (χ3n) is 6.69. The van der Waals surface area contributed by atoms with Gasteiger partial charge in [-0.1, -0.05) is 54.6 Å². The maximum absolute atomic E-state index is 13.6. The fraction of sp³-hybridized carbons (Fsp3) is 0.214. The molecular formula is C28H27N5O3. The van der Waals surface area contributed by atoms with Crippen molar-refractivity contribution in [2.24, 2.45) is 0 Å². The predicted octanol–water partition coefficient (Wildman–Crippen LogP) is 3.59. The van der Waals surface area contributed by atoms with Crippen LogP contribution in [0.4, 0.5) is 5.95 Å². The van der Waals surface area contributed by atoms with E-state index in [1.54, 1.807) is 23.9 Å². The Morgan fingerprint density at radius 3 is 2.33 bits per heavy atom. The number of carboxylic acids is 1. The molecule has 0 radical (unpaired) electrons. The van der Waals surface area contributed by atoms with Crippen LogP contribution in [-0.2, 0) is 24.3 Å². The summed E-state index contributed by atoms with van der Waals surface area (Å²) in [6, 6.07) is 20.7. The van der Waals surface area contributed by atoms with Gasteiger partial charge < -0.3 is 15.7 Å². The number of nitrogens with two attached hydrogens (primary N) is 1. The van der Waals surface area contributed by atoms with E-state index in [1.165, 1.54) is 0 Å². The second-order valence-corrected chi connectivity index (χ2v) is 9.27. The van der Waals surface area contributed by atoms with Gasteiger partial charge in [-0.15, -0.1) is 0 Å². The van der Waals surface area contributed by atoms with Gasteiger partial charge in [-0.2, -0.15) is 0 Å². The van der Waals surface area contributed by atoms with Crippen LogP contribution >= 0.6 is 0 Å². The molecule has 182 valence electrons. The van der Waals surface area contributed by atoms with Crippen LogP contribution in [0.1, 0.15) is 27.2 Å². The molecule has 0 saturated carbocycles. The van der Waals surface area contributed by atoms with E-state index in [9.17, 15) is 14.7 Å². The summed E-state index contributed by atoms with van der Waals surface area (Å²) in [5, 5.41) is 10.3. The molecule has 8 nitrogen and oxygen atoms in total. The Kier molecular flexibility index (Phi) is 6.12. The molecule has 1 aliphatic rings. The molecule has 1 amide bonds. The minimum absolute atomic E-state index is 0.0472. The van der Waals surface area contributed by atoms with Crippen LogP contribution in [0.3, 0.4) is 0 Å². The summed E-state index contributed by atoms with van der Waals surface area (Å²) in [5.41, 5.74) is 11.7. The molecule has 0 fully saturated rings. The Balaban J connectivity index is 1.55. The molecule has 2 heterocycles. The number of nitrogens with zero attached hydrogens (tertiary/aromatic N) is 4. The Morgan fingerprint density at radius 1 is 1.00 bits per heavy atom. The lowest BCUT2D eigenvalue weighted by Crippen LogP contribution is -2.37. The van der Waals surface area contributed by atoms with Gasteiger partial charge in [-0.05, 0) is 60.5 Å². The maximum Gasteiger partial charge on any atom is 0.321 e. The second kappa shape index (κ2) is 9.39. The lowest BCUT2D eigenvalue weighted by molar-refractivity contribution is -0.142. The number of benzene rings is 3. The number of anilines is 1. The highest BCUT2D eigenvalue weighted by Gasteiger charge is 2.27. The summed E-state index contributed by atoms with van der Waals surface area (Å²) in [5.74, 6) is -1.03. The van der Waals surface area contributed by atoms with E-state index < -0.39 is 12.0 Å². The normalized spacial score (nSPS) is 13.7. The Bertz CT molecular complexity index is 1460. The van der Waals surface area contributed by atoms with Crippen molar-refractivity contribution in [3.8, 4) is 11.1 Å². The molecule has 3 N–H and O–H groups in total. The number of hydrogen-bond acceptors (Lipinski definition) is 6. The number of nitrogen functional groups attached to an aromatic ring is 1. The van der Waals surface area contributed by atoms with E-state index >= 15 is 0 Å². The van der Waals surface area contributed by atoms with Gasteiger partial charge >= 0.3 is 5.97 Å². The van der Waals surface area contributed by atoms with Crippen molar-refractivity contribution in [1.82, 2.24) is 19.8 Å². The first-order valence-corrected chi connectivity index (χ1v) is 11.7. The molecule has 0 aliphatic carbocycles. The highest BCUT2D eigenvalue weighted by Crippen LogP contribution is 2.31. The van der Waals surface area contributed by atoms with Gasteiger partial charge in [0.25, 0.3) is 5.91 Å². The van der Waals surface area contributed by atoms with Crippen molar-refractivity contribution in [2.75, 3.05) is 19.8 Å². The van der Waals surface area contributed by atoms with Crippen LogP contribution in [-0.4, -0.2) is 56.9 Å². The standard InChI is InChI=1S/C28H27N5O3/c1-32(2)24(27(35)36)14-17-7-5-6-10-21(17)18-11-12-23-22(13-18)25(31-28(29)30-23)26(34)33-15-19-8-3-4-9-20(19)16-33/h3-13,24H,14-16H2,1-2H3,(H,35,36)(H2,29,30,31). The Hall–Kier alpha value is -4.30. The van der Waals surface area contributed by atoms with Crippen LogP contribution in [0.15, 0.2) is 66.7 Å². The van der Waals surface area contributed by atoms with Gasteiger partial charge in [0.05, 0.1) is 5.52 Å². The highest BCUT2D eigenvalue weighted by atomic mass is 16.4. The molecule has 8 heteroatoms.